The Balaban J connectivity index is 1.74. The van der Waals surface area contributed by atoms with Crippen LogP contribution in [0.1, 0.15) is 22.4 Å². The molecular weight excluding hydrogens is 593 g/mol. The lowest BCUT2D eigenvalue weighted by molar-refractivity contribution is 0.588. The van der Waals surface area contributed by atoms with E-state index in [2.05, 4.69) is 0 Å². The molecule has 1 aromatic heterocycles. The molecule has 0 aliphatic rings. The highest BCUT2D eigenvalue weighted by atomic mass is 35.5. The van der Waals surface area contributed by atoms with Crippen molar-refractivity contribution < 1.29 is 8.42 Å². The van der Waals surface area contributed by atoms with Gasteiger partial charge in [0.15, 0.2) is 0 Å². The van der Waals surface area contributed by atoms with E-state index in [9.17, 15) is 8.42 Å². The molecule has 0 saturated heterocycles. The fourth-order valence-corrected chi connectivity index (χ4v) is 6.88. The molecule has 1 heterocycles. The number of aryl methyl sites for hydroxylation is 1. The summed E-state index contributed by atoms with van der Waals surface area (Å²) in [5.74, 6) is 0. The van der Waals surface area contributed by atoms with Gasteiger partial charge < -0.3 is 0 Å². The maximum Gasteiger partial charge on any atom is 0.268 e. The summed E-state index contributed by atoms with van der Waals surface area (Å²) < 4.78 is 30.8. The first-order valence-electron chi connectivity index (χ1n) is 13.7. The summed E-state index contributed by atoms with van der Waals surface area (Å²) in [5.41, 5.74) is 7.14. The standard InChI is InChI=1S/C37H27Cl2NO2S/c1-26-12-22-33(23-13-26)43(41,42)40-36(30-10-6-3-7-11-30)25-35(27-8-4-2-5-9-27)37(40)24-34(28-14-18-31(38)19-15-28)29-16-20-32(39)21-17-29/h2-25H,1H3. The second kappa shape index (κ2) is 12.1. The number of nitrogens with zero attached hydrogens (tertiary/aromatic N) is 1. The van der Waals surface area contributed by atoms with Gasteiger partial charge >= 0.3 is 0 Å². The van der Waals surface area contributed by atoms with Crippen LogP contribution >= 0.6 is 23.2 Å². The zero-order valence-electron chi connectivity index (χ0n) is 23.3. The second-order valence-corrected chi connectivity index (χ2v) is 12.9. The van der Waals surface area contributed by atoms with E-state index < -0.39 is 10.0 Å². The summed E-state index contributed by atoms with van der Waals surface area (Å²) >= 11 is 12.5. The molecule has 6 heteroatoms. The van der Waals surface area contributed by atoms with Gasteiger partial charge in [-0.2, -0.15) is 0 Å². The number of rotatable bonds is 7. The largest absolute Gasteiger partial charge is 0.268 e. The van der Waals surface area contributed by atoms with Crippen LogP contribution < -0.4 is 0 Å². The predicted molar refractivity (Wildman–Crippen MR) is 179 cm³/mol. The average Bonchev–Trinajstić information content (AvgIpc) is 3.42. The van der Waals surface area contributed by atoms with Gasteiger partial charge in [-0.25, -0.2) is 12.4 Å². The Morgan fingerprint density at radius 3 is 1.63 bits per heavy atom. The molecule has 0 fully saturated rings. The van der Waals surface area contributed by atoms with Gasteiger partial charge in [0.1, 0.15) is 0 Å². The van der Waals surface area contributed by atoms with E-state index in [1.165, 1.54) is 3.97 Å². The van der Waals surface area contributed by atoms with Gasteiger partial charge in [0.25, 0.3) is 10.0 Å². The Bertz CT molecular complexity index is 1970. The monoisotopic (exact) mass is 619 g/mol. The van der Waals surface area contributed by atoms with E-state index in [0.29, 0.717) is 21.4 Å². The van der Waals surface area contributed by atoms with Gasteiger partial charge in [0.2, 0.25) is 0 Å². The Morgan fingerprint density at radius 2 is 1.12 bits per heavy atom. The molecule has 212 valence electrons. The van der Waals surface area contributed by atoms with Crippen molar-refractivity contribution in [3.05, 3.63) is 172 Å². The third-order valence-electron chi connectivity index (χ3n) is 7.30. The Morgan fingerprint density at radius 1 is 0.628 bits per heavy atom. The van der Waals surface area contributed by atoms with Crippen LogP contribution in [0.3, 0.4) is 0 Å². The van der Waals surface area contributed by atoms with E-state index in [1.54, 1.807) is 12.1 Å². The smallest absolute Gasteiger partial charge is 0.233 e. The van der Waals surface area contributed by atoms with E-state index in [-0.39, 0.29) is 4.90 Å². The van der Waals surface area contributed by atoms with Crippen molar-refractivity contribution in [1.29, 1.82) is 0 Å². The average molecular weight is 621 g/mol. The van der Waals surface area contributed by atoms with Gasteiger partial charge in [-0.15, -0.1) is 0 Å². The van der Waals surface area contributed by atoms with Crippen LogP contribution in [0.25, 0.3) is 34.0 Å². The minimum atomic E-state index is -4.05. The first-order chi connectivity index (χ1) is 20.8. The van der Waals surface area contributed by atoms with Crippen molar-refractivity contribution in [2.75, 3.05) is 0 Å². The number of benzene rings is 5. The number of halogens is 2. The number of hydrogen-bond acceptors (Lipinski definition) is 2. The first-order valence-corrected chi connectivity index (χ1v) is 15.9. The van der Waals surface area contributed by atoms with E-state index in [4.69, 9.17) is 23.2 Å². The van der Waals surface area contributed by atoms with Crippen molar-refractivity contribution >= 4 is 44.9 Å². The fourth-order valence-electron chi connectivity index (χ4n) is 5.11. The third-order valence-corrected chi connectivity index (χ3v) is 9.55. The van der Waals surface area contributed by atoms with E-state index in [0.717, 1.165) is 39.0 Å². The molecule has 0 N–H and O–H groups in total. The number of aromatic nitrogens is 1. The zero-order chi connectivity index (χ0) is 30.0. The Hall–Kier alpha value is -4.35. The quantitative estimate of drug-likeness (QED) is 0.178. The minimum absolute atomic E-state index is 0.208. The first kappa shape index (κ1) is 28.8. The van der Waals surface area contributed by atoms with Gasteiger partial charge in [-0.3, -0.25) is 0 Å². The highest BCUT2D eigenvalue weighted by Crippen LogP contribution is 2.39. The Labute approximate surface area is 262 Å². The molecule has 0 radical (unpaired) electrons. The lowest BCUT2D eigenvalue weighted by Gasteiger charge is -2.16. The van der Waals surface area contributed by atoms with Crippen LogP contribution in [0.4, 0.5) is 0 Å². The maximum absolute atomic E-state index is 14.6. The van der Waals surface area contributed by atoms with Crippen LogP contribution in [-0.2, 0) is 10.0 Å². The molecule has 0 amide bonds. The van der Waals surface area contributed by atoms with Crippen molar-refractivity contribution in [3.63, 3.8) is 0 Å². The lowest BCUT2D eigenvalue weighted by atomic mass is 9.95. The molecule has 6 aromatic rings. The molecule has 0 spiro atoms. The predicted octanol–water partition coefficient (Wildman–Crippen LogP) is 10.3. The molecule has 0 unspecified atom stereocenters. The second-order valence-electron chi connectivity index (χ2n) is 10.2. The molecular formula is C37H27Cl2NO2S. The summed E-state index contributed by atoms with van der Waals surface area (Å²) in [6.45, 7) is 1.94. The van der Waals surface area contributed by atoms with Crippen molar-refractivity contribution in [2.24, 2.45) is 0 Å². The summed E-state index contributed by atoms with van der Waals surface area (Å²) in [6.07, 6.45) is 1.95. The van der Waals surface area contributed by atoms with Crippen molar-refractivity contribution in [1.82, 2.24) is 3.97 Å². The summed E-state index contributed by atoms with van der Waals surface area (Å²) in [4.78, 5) is 0.208. The fraction of sp³-hybridized carbons (Fsp3) is 0.0270. The molecule has 43 heavy (non-hydrogen) atoms. The van der Waals surface area contributed by atoms with Crippen LogP contribution in [0.15, 0.2) is 144 Å². The van der Waals surface area contributed by atoms with Crippen molar-refractivity contribution in [3.8, 4) is 22.4 Å². The molecule has 0 atom stereocenters. The van der Waals surface area contributed by atoms with Gasteiger partial charge in [0, 0.05) is 15.6 Å². The van der Waals surface area contributed by atoms with E-state index in [1.807, 2.05) is 140 Å². The van der Waals surface area contributed by atoms with E-state index >= 15 is 0 Å². The molecule has 3 nitrogen and oxygen atoms in total. The van der Waals surface area contributed by atoms with Gasteiger partial charge in [-0.05, 0) is 83.3 Å². The highest BCUT2D eigenvalue weighted by Gasteiger charge is 2.27. The SMILES string of the molecule is Cc1ccc(S(=O)(=O)n2c(-c3ccccc3)cc(-c3ccccc3)c2C=C(c2ccc(Cl)cc2)c2ccc(Cl)cc2)cc1. The molecule has 0 aliphatic carbocycles. The van der Waals surface area contributed by atoms with Crippen molar-refractivity contribution in [2.45, 2.75) is 11.8 Å². The van der Waals surface area contributed by atoms with Gasteiger partial charge in [-0.1, -0.05) is 126 Å². The third kappa shape index (κ3) is 5.95. The number of hydrogen-bond donors (Lipinski definition) is 0. The molecule has 5 aromatic carbocycles. The molecule has 0 bridgehead atoms. The highest BCUT2D eigenvalue weighted by molar-refractivity contribution is 7.90. The van der Waals surface area contributed by atoms with Gasteiger partial charge in [0.05, 0.1) is 16.3 Å². The van der Waals surface area contributed by atoms with Crippen LogP contribution in [-0.4, -0.2) is 12.4 Å². The lowest BCUT2D eigenvalue weighted by Crippen LogP contribution is -2.16. The van der Waals surface area contributed by atoms with Crippen LogP contribution in [0, 0.1) is 6.92 Å². The zero-order valence-corrected chi connectivity index (χ0v) is 25.6. The minimum Gasteiger partial charge on any atom is -0.233 e. The van der Waals surface area contributed by atoms with Crippen LogP contribution in [0.5, 0.6) is 0 Å². The summed E-state index contributed by atoms with van der Waals surface area (Å²) in [6, 6.07) is 43.4. The molecule has 0 saturated carbocycles. The summed E-state index contributed by atoms with van der Waals surface area (Å²) in [5, 5.41) is 1.22. The molecule has 0 aliphatic heterocycles. The van der Waals surface area contributed by atoms with Crippen LogP contribution in [0.2, 0.25) is 10.0 Å². The molecule has 6 rings (SSSR count). The Kier molecular flexibility index (Phi) is 8.09. The summed E-state index contributed by atoms with van der Waals surface area (Å²) in [7, 11) is -4.05. The topological polar surface area (TPSA) is 39.1 Å². The maximum atomic E-state index is 14.6. The normalized spacial score (nSPS) is 11.3.